The number of carbonyl (C=O) groups excluding carboxylic acids is 1. The molecule has 1 aliphatic rings. The summed E-state index contributed by atoms with van der Waals surface area (Å²) in [6.45, 7) is -0.300. The fraction of sp³-hybridized carbons (Fsp3) is 0.455. The maximum atomic E-state index is 14.2. The minimum Gasteiger partial charge on any atom is -0.309 e. The van der Waals surface area contributed by atoms with Crippen molar-refractivity contribution in [1.82, 2.24) is 10.3 Å². The predicted octanol–water partition coefficient (Wildman–Crippen LogP) is 2.16. The first-order chi connectivity index (χ1) is 9.52. The highest BCUT2D eigenvalue weighted by molar-refractivity contribution is 9.10. The van der Waals surface area contributed by atoms with Crippen molar-refractivity contribution in [3.8, 4) is 0 Å². The van der Waals surface area contributed by atoms with Crippen molar-refractivity contribution in [3.05, 3.63) is 33.2 Å². The van der Waals surface area contributed by atoms with E-state index in [1.165, 1.54) is 0 Å². The van der Waals surface area contributed by atoms with E-state index < -0.39 is 11.7 Å². The molecule has 2 N–H and O–H groups in total. The number of rotatable bonds is 4. The predicted molar refractivity (Wildman–Crippen MR) is 74.8 cm³/mol. The number of hydrogen-bond donors (Lipinski definition) is 2. The van der Waals surface area contributed by atoms with Crippen LogP contribution in [0.5, 0.6) is 0 Å². The van der Waals surface area contributed by atoms with Crippen molar-refractivity contribution >= 4 is 27.7 Å². The van der Waals surface area contributed by atoms with E-state index in [1.807, 2.05) is 0 Å². The third-order valence-electron chi connectivity index (χ3n) is 2.94. The van der Waals surface area contributed by atoms with E-state index >= 15 is 0 Å². The molecule has 9 heteroatoms. The second-order valence-corrected chi connectivity index (χ2v) is 5.32. The minimum atomic E-state index is -1.68. The lowest BCUT2D eigenvalue weighted by molar-refractivity contribution is -0.118. The van der Waals surface area contributed by atoms with Crippen molar-refractivity contribution in [3.63, 3.8) is 0 Å². The highest BCUT2D eigenvalue weighted by Gasteiger charge is 2.41. The summed E-state index contributed by atoms with van der Waals surface area (Å²) in [6, 6.07) is 4.43. The lowest BCUT2D eigenvalue weighted by Gasteiger charge is -2.15. The van der Waals surface area contributed by atoms with Gasteiger partial charge in [0.1, 0.15) is 16.1 Å². The summed E-state index contributed by atoms with van der Waals surface area (Å²) in [4.78, 5) is 18.6. The number of amides is 1. The van der Waals surface area contributed by atoms with Crippen LogP contribution in [-0.4, -0.2) is 35.7 Å². The Balaban J connectivity index is 1.96. The Morgan fingerprint density at radius 2 is 2.55 bits per heavy atom. The first kappa shape index (κ1) is 14.7. The lowest BCUT2D eigenvalue weighted by atomic mass is 10.0. The Labute approximate surface area is 122 Å². The van der Waals surface area contributed by atoms with Gasteiger partial charge in [-0.15, -0.1) is 0 Å². The van der Waals surface area contributed by atoms with Gasteiger partial charge in [-0.05, 0) is 33.6 Å². The summed E-state index contributed by atoms with van der Waals surface area (Å²) in [6.07, 6.45) is -0.0359. The average molecular weight is 343 g/mol. The quantitative estimate of drug-likeness (QED) is 0.379. The number of alkyl halides is 1. The molecule has 0 aromatic carbocycles. The van der Waals surface area contributed by atoms with Gasteiger partial charge >= 0.3 is 0 Å². The Morgan fingerprint density at radius 3 is 3.25 bits per heavy atom. The smallest absolute Gasteiger partial charge is 0.242 e. The first-order valence-electron chi connectivity index (χ1n) is 5.89. The Morgan fingerprint density at radius 1 is 1.75 bits per heavy atom. The third kappa shape index (κ3) is 3.66. The molecule has 0 spiro atoms. The number of halogens is 2. The maximum absolute atomic E-state index is 14.2. The zero-order chi connectivity index (χ0) is 14.6. The van der Waals surface area contributed by atoms with Crippen molar-refractivity contribution < 1.29 is 9.18 Å². The number of aromatic nitrogens is 1. The maximum Gasteiger partial charge on any atom is 0.242 e. The molecular formula is C11H12BrFN6O. The van der Waals surface area contributed by atoms with E-state index in [-0.39, 0.29) is 25.4 Å². The summed E-state index contributed by atoms with van der Waals surface area (Å²) in [5.74, 6) is 0.0219. The normalized spacial score (nSPS) is 25.0. The van der Waals surface area contributed by atoms with Gasteiger partial charge in [-0.2, -0.15) is 0 Å². The monoisotopic (exact) mass is 342 g/mol. The number of hydrogen-bond acceptors (Lipinski definition) is 4. The van der Waals surface area contributed by atoms with E-state index in [4.69, 9.17) is 5.53 Å². The number of pyridine rings is 1. The average Bonchev–Trinajstić information content (AvgIpc) is 2.80. The van der Waals surface area contributed by atoms with Gasteiger partial charge in [-0.3, -0.25) is 4.79 Å². The summed E-state index contributed by atoms with van der Waals surface area (Å²) < 4.78 is 14.8. The second kappa shape index (κ2) is 6.17. The molecule has 0 aliphatic carbocycles. The molecule has 7 nitrogen and oxygen atoms in total. The van der Waals surface area contributed by atoms with E-state index in [9.17, 15) is 9.18 Å². The first-order valence-corrected chi connectivity index (χ1v) is 6.68. The molecule has 0 bridgehead atoms. The van der Waals surface area contributed by atoms with E-state index in [1.54, 1.807) is 18.2 Å². The van der Waals surface area contributed by atoms with E-state index in [0.29, 0.717) is 10.4 Å². The molecule has 1 saturated heterocycles. The van der Waals surface area contributed by atoms with Crippen LogP contribution in [0.3, 0.4) is 0 Å². The van der Waals surface area contributed by atoms with Crippen LogP contribution in [0.2, 0.25) is 0 Å². The third-order valence-corrected chi connectivity index (χ3v) is 3.38. The largest absolute Gasteiger partial charge is 0.309 e. The van der Waals surface area contributed by atoms with Crippen LogP contribution in [0.25, 0.3) is 10.4 Å². The molecule has 1 aliphatic heterocycles. The van der Waals surface area contributed by atoms with Gasteiger partial charge in [0.25, 0.3) is 0 Å². The van der Waals surface area contributed by atoms with Crippen LogP contribution in [-0.2, 0) is 4.79 Å². The van der Waals surface area contributed by atoms with E-state index in [2.05, 4.69) is 41.6 Å². The zero-order valence-corrected chi connectivity index (χ0v) is 12.0. The van der Waals surface area contributed by atoms with Crippen molar-refractivity contribution in [2.45, 2.75) is 18.1 Å². The standard InChI is InChI=1S/C11H12BrFN6O/c12-8-2-1-3-9(17-8)18-10(20)7-4-11(13,5-15-7)6-16-19-14/h1-3,7,15H,4-6H2,(H,17,18,20)/t7-,11+/m0/s1. The molecule has 0 radical (unpaired) electrons. The Bertz CT molecular complexity index is 564. The molecule has 1 amide bonds. The van der Waals surface area contributed by atoms with E-state index in [0.717, 1.165) is 0 Å². The Hall–Kier alpha value is -1.70. The molecular weight excluding hydrogens is 331 g/mol. The molecule has 1 fully saturated rings. The summed E-state index contributed by atoms with van der Waals surface area (Å²) >= 11 is 3.20. The van der Waals surface area contributed by atoms with Crippen molar-refractivity contribution in [2.24, 2.45) is 5.11 Å². The fourth-order valence-corrected chi connectivity index (χ4v) is 2.32. The Kier molecular flexibility index (Phi) is 4.53. The van der Waals surface area contributed by atoms with Gasteiger partial charge in [0.15, 0.2) is 0 Å². The van der Waals surface area contributed by atoms with Crippen molar-refractivity contribution in [2.75, 3.05) is 18.4 Å². The van der Waals surface area contributed by atoms with Crippen molar-refractivity contribution in [1.29, 1.82) is 0 Å². The van der Waals surface area contributed by atoms with Gasteiger partial charge in [0.2, 0.25) is 5.91 Å². The summed E-state index contributed by atoms with van der Waals surface area (Å²) in [7, 11) is 0. The molecule has 1 aromatic rings. The molecule has 1 aromatic heterocycles. The molecule has 2 atom stereocenters. The molecule has 106 valence electrons. The molecule has 2 heterocycles. The second-order valence-electron chi connectivity index (χ2n) is 4.51. The molecule has 0 saturated carbocycles. The molecule has 0 unspecified atom stereocenters. The van der Waals surface area contributed by atoms with Crippen LogP contribution in [0.1, 0.15) is 6.42 Å². The van der Waals surface area contributed by atoms with Crippen LogP contribution >= 0.6 is 15.9 Å². The van der Waals surface area contributed by atoms with Gasteiger partial charge in [-0.25, -0.2) is 9.37 Å². The SMILES string of the molecule is [N-]=[N+]=NC[C@]1(F)CN[C@H](C(=O)Nc2cccc(Br)n2)C1. The van der Waals surface area contributed by atoms with Gasteiger partial charge in [-0.1, -0.05) is 11.2 Å². The lowest BCUT2D eigenvalue weighted by Crippen LogP contribution is -2.35. The van der Waals surface area contributed by atoms with Gasteiger partial charge < -0.3 is 10.6 Å². The number of nitrogens with one attached hydrogen (secondary N) is 2. The van der Waals surface area contributed by atoms with Crippen LogP contribution < -0.4 is 10.6 Å². The fourth-order valence-electron chi connectivity index (χ4n) is 1.97. The van der Waals surface area contributed by atoms with Crippen LogP contribution in [0.4, 0.5) is 10.2 Å². The summed E-state index contributed by atoms with van der Waals surface area (Å²) in [5, 5.41) is 8.62. The van der Waals surface area contributed by atoms with Gasteiger partial charge in [0, 0.05) is 17.9 Å². The minimum absolute atomic E-state index is 0.0178. The number of nitrogens with zero attached hydrogens (tertiary/aromatic N) is 4. The highest BCUT2D eigenvalue weighted by Crippen LogP contribution is 2.25. The van der Waals surface area contributed by atoms with Gasteiger partial charge in [0.05, 0.1) is 12.6 Å². The topological polar surface area (TPSA) is 103 Å². The number of carbonyl (C=O) groups is 1. The number of azide groups is 1. The number of anilines is 1. The molecule has 20 heavy (non-hydrogen) atoms. The van der Waals surface area contributed by atoms with Crippen LogP contribution in [0, 0.1) is 0 Å². The highest BCUT2D eigenvalue weighted by atomic mass is 79.9. The molecule has 2 rings (SSSR count). The zero-order valence-electron chi connectivity index (χ0n) is 10.4. The summed E-state index contributed by atoms with van der Waals surface area (Å²) in [5.41, 5.74) is 6.53. The van der Waals surface area contributed by atoms with Crippen LogP contribution in [0.15, 0.2) is 27.9 Å².